The van der Waals surface area contributed by atoms with Crippen LogP contribution in [0.3, 0.4) is 0 Å². The zero-order valence-corrected chi connectivity index (χ0v) is 17.7. The lowest BCUT2D eigenvalue weighted by Gasteiger charge is -2.18. The van der Waals surface area contributed by atoms with Gasteiger partial charge in [0.15, 0.2) is 12.4 Å². The molecule has 0 spiro atoms. The van der Waals surface area contributed by atoms with Gasteiger partial charge >= 0.3 is 5.97 Å². The zero-order chi connectivity index (χ0) is 23.1. The van der Waals surface area contributed by atoms with Crippen LogP contribution in [0.5, 0.6) is 0 Å². The summed E-state index contributed by atoms with van der Waals surface area (Å²) in [4.78, 5) is 50.5. The lowest BCUT2D eigenvalue weighted by Crippen LogP contribution is -2.28. The van der Waals surface area contributed by atoms with Crippen LogP contribution in [0, 0.1) is 0 Å². The van der Waals surface area contributed by atoms with Crippen LogP contribution in [0.1, 0.15) is 38.0 Å². The van der Waals surface area contributed by atoms with Gasteiger partial charge in [0, 0.05) is 30.9 Å². The summed E-state index contributed by atoms with van der Waals surface area (Å²) in [6, 6.07) is 21.6. The Bertz CT molecular complexity index is 1140. The van der Waals surface area contributed by atoms with E-state index in [0.717, 1.165) is 0 Å². The second-order valence-electron chi connectivity index (χ2n) is 7.00. The number of nitrogens with one attached hydrogen (secondary N) is 1. The quantitative estimate of drug-likeness (QED) is 0.452. The normalized spacial score (nSPS) is 10.2. The van der Waals surface area contributed by atoms with Gasteiger partial charge < -0.3 is 15.0 Å². The van der Waals surface area contributed by atoms with Gasteiger partial charge in [-0.05, 0) is 48.5 Å². The van der Waals surface area contributed by atoms with Gasteiger partial charge in [0.2, 0.25) is 5.91 Å². The van der Waals surface area contributed by atoms with Crippen molar-refractivity contribution in [3.63, 3.8) is 0 Å². The minimum atomic E-state index is -0.765. The molecule has 0 saturated heterocycles. The highest BCUT2D eigenvalue weighted by atomic mass is 16.5. The van der Waals surface area contributed by atoms with Gasteiger partial charge in [0.05, 0.1) is 11.1 Å². The third kappa shape index (κ3) is 5.46. The number of hydrogen-bond donors (Lipinski definition) is 1. The molecule has 2 amide bonds. The van der Waals surface area contributed by atoms with Gasteiger partial charge in [-0.15, -0.1) is 0 Å². The highest BCUT2D eigenvalue weighted by molar-refractivity contribution is 6.12. The fourth-order valence-electron chi connectivity index (χ4n) is 3.03. The van der Waals surface area contributed by atoms with Crippen molar-refractivity contribution in [2.75, 3.05) is 23.9 Å². The number of amides is 2. The van der Waals surface area contributed by atoms with Crippen molar-refractivity contribution in [3.05, 3.63) is 95.6 Å². The standard InChI is InChI=1S/C25H22N2O5/c1-17(28)26-19-14-12-18(13-15-19)23(29)16-32-25(31)22-11-7-6-10-21(22)24(30)27(2)20-8-4-3-5-9-20/h3-15H,16H2,1-2H3,(H,26,28). The van der Waals surface area contributed by atoms with E-state index in [1.807, 2.05) is 18.2 Å². The smallest absolute Gasteiger partial charge is 0.339 e. The second-order valence-corrected chi connectivity index (χ2v) is 7.00. The molecule has 0 saturated carbocycles. The maximum Gasteiger partial charge on any atom is 0.339 e. The Balaban J connectivity index is 1.69. The van der Waals surface area contributed by atoms with Crippen LogP contribution in [0.15, 0.2) is 78.9 Å². The molecule has 3 rings (SSSR count). The monoisotopic (exact) mass is 430 g/mol. The predicted octanol–water partition coefficient (Wildman–Crippen LogP) is 3.96. The van der Waals surface area contributed by atoms with Crippen molar-refractivity contribution in [3.8, 4) is 0 Å². The average Bonchev–Trinajstić information content (AvgIpc) is 2.82. The number of hydrogen-bond acceptors (Lipinski definition) is 5. The van der Waals surface area contributed by atoms with E-state index < -0.39 is 18.4 Å². The predicted molar refractivity (Wildman–Crippen MR) is 121 cm³/mol. The summed E-state index contributed by atoms with van der Waals surface area (Å²) < 4.78 is 5.19. The van der Waals surface area contributed by atoms with E-state index in [2.05, 4.69) is 5.32 Å². The number of ether oxygens (including phenoxy) is 1. The minimum absolute atomic E-state index is 0.0779. The van der Waals surface area contributed by atoms with Gasteiger partial charge in [-0.1, -0.05) is 30.3 Å². The molecular formula is C25H22N2O5. The van der Waals surface area contributed by atoms with Crippen molar-refractivity contribution >= 4 is 34.9 Å². The first-order chi connectivity index (χ1) is 15.4. The lowest BCUT2D eigenvalue weighted by molar-refractivity contribution is -0.114. The molecule has 0 fully saturated rings. The molecule has 3 aromatic rings. The summed E-state index contributed by atoms with van der Waals surface area (Å²) in [6.07, 6.45) is 0. The molecule has 0 unspecified atom stereocenters. The Labute approximate surface area is 185 Å². The molecule has 0 bridgehead atoms. The zero-order valence-electron chi connectivity index (χ0n) is 17.7. The van der Waals surface area contributed by atoms with Gasteiger partial charge in [0.25, 0.3) is 5.91 Å². The lowest BCUT2D eigenvalue weighted by atomic mass is 10.1. The van der Waals surface area contributed by atoms with Crippen molar-refractivity contribution < 1.29 is 23.9 Å². The summed E-state index contributed by atoms with van der Waals surface area (Å²) in [6.45, 7) is 0.911. The van der Waals surface area contributed by atoms with Crippen molar-refractivity contribution in [1.82, 2.24) is 0 Å². The molecule has 0 atom stereocenters. The average molecular weight is 430 g/mol. The minimum Gasteiger partial charge on any atom is -0.454 e. The van der Waals surface area contributed by atoms with Crippen LogP contribution in [-0.2, 0) is 9.53 Å². The molecule has 7 nitrogen and oxygen atoms in total. The molecule has 32 heavy (non-hydrogen) atoms. The summed E-state index contributed by atoms with van der Waals surface area (Å²) >= 11 is 0. The first-order valence-electron chi connectivity index (χ1n) is 9.87. The molecule has 162 valence electrons. The summed E-state index contributed by atoms with van der Waals surface area (Å²) in [5, 5.41) is 2.61. The molecule has 0 aromatic heterocycles. The molecule has 0 aliphatic heterocycles. The number of Topliss-reactive ketones (excluding diaryl/α,β-unsaturated/α-hetero) is 1. The topological polar surface area (TPSA) is 92.8 Å². The van der Waals surface area contributed by atoms with Crippen molar-refractivity contribution in [2.24, 2.45) is 0 Å². The maximum absolute atomic E-state index is 13.0. The molecule has 7 heteroatoms. The van der Waals surface area contributed by atoms with Crippen LogP contribution in [0.25, 0.3) is 0 Å². The van der Waals surface area contributed by atoms with Crippen LogP contribution < -0.4 is 10.2 Å². The fourth-order valence-corrected chi connectivity index (χ4v) is 3.03. The Morgan fingerprint density at radius 2 is 1.41 bits per heavy atom. The Morgan fingerprint density at radius 3 is 2.03 bits per heavy atom. The highest BCUT2D eigenvalue weighted by Gasteiger charge is 2.22. The number of rotatable bonds is 7. The first-order valence-corrected chi connectivity index (χ1v) is 9.87. The van der Waals surface area contributed by atoms with Crippen molar-refractivity contribution in [2.45, 2.75) is 6.92 Å². The van der Waals surface area contributed by atoms with E-state index in [1.165, 1.54) is 30.0 Å². The van der Waals surface area contributed by atoms with E-state index >= 15 is 0 Å². The third-order valence-electron chi connectivity index (χ3n) is 4.69. The van der Waals surface area contributed by atoms with E-state index in [-0.39, 0.29) is 22.9 Å². The van der Waals surface area contributed by atoms with Gasteiger partial charge in [0.1, 0.15) is 0 Å². The van der Waals surface area contributed by atoms with Crippen LogP contribution in [0.2, 0.25) is 0 Å². The summed E-state index contributed by atoms with van der Waals surface area (Å²) in [5.41, 5.74) is 1.82. The third-order valence-corrected chi connectivity index (χ3v) is 4.69. The SMILES string of the molecule is CC(=O)Nc1ccc(C(=O)COC(=O)c2ccccc2C(=O)N(C)c2ccccc2)cc1. The largest absolute Gasteiger partial charge is 0.454 e. The molecular weight excluding hydrogens is 408 g/mol. The number of carbonyl (C=O) groups excluding carboxylic acids is 4. The van der Waals surface area contributed by atoms with Crippen molar-refractivity contribution in [1.29, 1.82) is 0 Å². The van der Waals surface area contributed by atoms with Gasteiger partial charge in [-0.25, -0.2) is 4.79 Å². The molecule has 0 radical (unpaired) electrons. The van der Waals surface area contributed by atoms with Gasteiger partial charge in [-0.2, -0.15) is 0 Å². The van der Waals surface area contributed by atoms with E-state index in [1.54, 1.807) is 49.5 Å². The molecule has 0 aliphatic rings. The van der Waals surface area contributed by atoms with E-state index in [4.69, 9.17) is 4.74 Å². The number of carbonyl (C=O) groups is 4. The number of ketones is 1. The Morgan fingerprint density at radius 1 is 0.812 bits per heavy atom. The number of nitrogens with zero attached hydrogens (tertiary/aromatic N) is 1. The highest BCUT2D eigenvalue weighted by Crippen LogP contribution is 2.18. The number of benzene rings is 3. The van der Waals surface area contributed by atoms with Crippen LogP contribution in [-0.4, -0.2) is 37.2 Å². The molecule has 0 aliphatic carbocycles. The Hall–Kier alpha value is -4.26. The maximum atomic E-state index is 13.0. The van der Waals surface area contributed by atoms with Gasteiger partial charge in [-0.3, -0.25) is 14.4 Å². The number of esters is 1. The van der Waals surface area contributed by atoms with E-state index in [9.17, 15) is 19.2 Å². The fraction of sp³-hybridized carbons (Fsp3) is 0.120. The number of anilines is 2. The molecule has 1 N–H and O–H groups in total. The first kappa shape index (κ1) is 22.4. The summed E-state index contributed by atoms with van der Waals surface area (Å²) in [5.74, 6) is -1.76. The molecule has 3 aromatic carbocycles. The Kier molecular flexibility index (Phi) is 7.13. The number of para-hydroxylation sites is 1. The van der Waals surface area contributed by atoms with E-state index in [0.29, 0.717) is 16.9 Å². The second kappa shape index (κ2) is 10.2. The summed E-state index contributed by atoms with van der Waals surface area (Å²) in [7, 11) is 1.62. The van der Waals surface area contributed by atoms with Crippen LogP contribution >= 0.6 is 0 Å². The van der Waals surface area contributed by atoms with Crippen LogP contribution in [0.4, 0.5) is 11.4 Å². The molecule has 0 heterocycles.